The van der Waals surface area contributed by atoms with Crippen molar-refractivity contribution in [1.29, 1.82) is 0 Å². The van der Waals surface area contributed by atoms with Crippen LogP contribution in [0.4, 0.5) is 16.0 Å². The number of carboxylic acids is 1. The Morgan fingerprint density at radius 3 is 2.95 bits per heavy atom. The summed E-state index contributed by atoms with van der Waals surface area (Å²) in [5, 5.41) is 20.3. The molecule has 3 rings (SSSR count). The molecular formula is C28H40FN7O3. The van der Waals surface area contributed by atoms with Gasteiger partial charge in [-0.1, -0.05) is 6.07 Å². The number of hydrogen-bond acceptors (Lipinski definition) is 8. The molecule has 0 radical (unpaired) electrons. The van der Waals surface area contributed by atoms with Gasteiger partial charge < -0.3 is 20.5 Å². The van der Waals surface area contributed by atoms with E-state index in [2.05, 4.69) is 44.5 Å². The number of carbonyl (C=O) groups is 1. The largest absolute Gasteiger partial charge is 0.497 e. The van der Waals surface area contributed by atoms with Gasteiger partial charge in [-0.3, -0.25) is 14.6 Å². The number of rotatable bonds is 17. The standard InChI is InChI=1S/C28H40FN7O3/c1-21(19-23(29)20-30-2)39-18-17-36(16-12-25(28(37)38)34-26-11-14-32-35(26)3)15-5-4-8-24-10-9-22-7-6-13-31-27(22)33-24/h9-11,14,19-20,25,34H,2,4-8,12-13,15-18H2,1,3H3,(H,31,33)(H,37,38)/b21-19+,23-20+/t25-/m0/s1. The smallest absolute Gasteiger partial charge is 0.326 e. The number of allylic oxidation sites excluding steroid dienone is 3. The number of hydrogen-bond donors (Lipinski definition) is 3. The van der Waals surface area contributed by atoms with Gasteiger partial charge in [0.1, 0.15) is 30.1 Å². The molecule has 0 unspecified atom stereocenters. The van der Waals surface area contributed by atoms with Crippen LogP contribution in [0.25, 0.3) is 0 Å². The highest BCUT2D eigenvalue weighted by molar-refractivity contribution is 5.76. The molecule has 0 spiro atoms. The number of aliphatic imine (C=N–C) groups is 1. The van der Waals surface area contributed by atoms with E-state index in [0.717, 1.165) is 62.9 Å². The summed E-state index contributed by atoms with van der Waals surface area (Å²) in [6.07, 6.45) is 9.28. The number of aliphatic carboxylic acids is 1. The van der Waals surface area contributed by atoms with E-state index in [0.29, 0.717) is 37.7 Å². The van der Waals surface area contributed by atoms with Crippen LogP contribution in [0.2, 0.25) is 0 Å². The Labute approximate surface area is 229 Å². The maximum Gasteiger partial charge on any atom is 0.326 e. The molecular weight excluding hydrogens is 501 g/mol. The van der Waals surface area contributed by atoms with Crippen molar-refractivity contribution in [3.63, 3.8) is 0 Å². The molecule has 212 valence electrons. The average Bonchev–Trinajstić information content (AvgIpc) is 3.32. The predicted molar refractivity (Wildman–Crippen MR) is 152 cm³/mol. The molecule has 1 aliphatic heterocycles. The zero-order valence-corrected chi connectivity index (χ0v) is 22.9. The highest BCUT2D eigenvalue weighted by Crippen LogP contribution is 2.20. The molecule has 1 aliphatic rings. The van der Waals surface area contributed by atoms with Crippen molar-refractivity contribution >= 4 is 24.3 Å². The van der Waals surface area contributed by atoms with E-state index < -0.39 is 17.8 Å². The molecule has 0 fully saturated rings. The van der Waals surface area contributed by atoms with Crippen LogP contribution in [0.15, 0.2) is 53.3 Å². The van der Waals surface area contributed by atoms with Gasteiger partial charge >= 0.3 is 5.97 Å². The van der Waals surface area contributed by atoms with Crippen molar-refractivity contribution in [2.24, 2.45) is 12.0 Å². The summed E-state index contributed by atoms with van der Waals surface area (Å²) in [6, 6.07) is 5.27. The Bertz CT molecular complexity index is 1150. The molecule has 0 saturated heterocycles. The fraction of sp³-hybridized carbons (Fsp3) is 0.500. The molecule has 2 aromatic rings. The molecule has 3 N–H and O–H groups in total. The second kappa shape index (κ2) is 15.6. The van der Waals surface area contributed by atoms with E-state index in [1.54, 1.807) is 30.9 Å². The first kappa shape index (κ1) is 29.8. The number of fused-ring (bicyclic) bond motifs is 1. The van der Waals surface area contributed by atoms with Crippen LogP contribution in [0.3, 0.4) is 0 Å². The van der Waals surface area contributed by atoms with Crippen molar-refractivity contribution in [2.45, 2.75) is 51.5 Å². The van der Waals surface area contributed by atoms with Crippen LogP contribution in [-0.2, 0) is 29.4 Å². The zero-order chi connectivity index (χ0) is 28.0. The summed E-state index contributed by atoms with van der Waals surface area (Å²) in [4.78, 5) is 22.3. The highest BCUT2D eigenvalue weighted by Gasteiger charge is 2.20. The van der Waals surface area contributed by atoms with Crippen LogP contribution in [-0.4, -0.2) is 76.3 Å². The molecule has 3 heterocycles. The molecule has 0 aromatic carbocycles. The number of anilines is 2. The average molecular weight is 542 g/mol. The molecule has 0 aliphatic carbocycles. The minimum Gasteiger partial charge on any atom is -0.497 e. The minimum atomic E-state index is -0.920. The van der Waals surface area contributed by atoms with Crippen molar-refractivity contribution in [3.05, 3.63) is 59.5 Å². The van der Waals surface area contributed by atoms with Gasteiger partial charge in [-0.2, -0.15) is 5.10 Å². The van der Waals surface area contributed by atoms with Crippen LogP contribution >= 0.6 is 0 Å². The summed E-state index contributed by atoms with van der Waals surface area (Å²) in [5.74, 6) is 0.638. The number of ether oxygens (including phenoxy) is 1. The van der Waals surface area contributed by atoms with Crippen molar-refractivity contribution in [2.75, 3.05) is 43.4 Å². The lowest BCUT2D eigenvalue weighted by Gasteiger charge is -2.25. The topological polar surface area (TPSA) is 117 Å². The number of carboxylic acid groups (broad SMARTS) is 1. The number of aromatic nitrogens is 3. The molecule has 2 aromatic heterocycles. The first-order valence-electron chi connectivity index (χ1n) is 13.4. The first-order chi connectivity index (χ1) is 18.9. The second-order valence-electron chi connectivity index (χ2n) is 9.60. The third kappa shape index (κ3) is 10.2. The number of halogens is 1. The van der Waals surface area contributed by atoms with Crippen molar-refractivity contribution in [3.8, 4) is 0 Å². The van der Waals surface area contributed by atoms with Crippen molar-refractivity contribution in [1.82, 2.24) is 19.7 Å². The van der Waals surface area contributed by atoms with Crippen LogP contribution in [0.1, 0.15) is 43.9 Å². The molecule has 11 heteroatoms. The van der Waals surface area contributed by atoms with Crippen LogP contribution in [0, 0.1) is 0 Å². The summed E-state index contributed by atoms with van der Waals surface area (Å²) < 4.78 is 20.9. The third-order valence-electron chi connectivity index (χ3n) is 6.58. The molecule has 0 bridgehead atoms. The maximum absolute atomic E-state index is 13.6. The Morgan fingerprint density at radius 2 is 2.21 bits per heavy atom. The monoisotopic (exact) mass is 541 g/mol. The van der Waals surface area contributed by atoms with Gasteiger partial charge in [0.2, 0.25) is 0 Å². The lowest BCUT2D eigenvalue weighted by molar-refractivity contribution is -0.138. The van der Waals surface area contributed by atoms with Gasteiger partial charge in [-0.15, -0.1) is 0 Å². The Morgan fingerprint density at radius 1 is 1.36 bits per heavy atom. The fourth-order valence-electron chi connectivity index (χ4n) is 4.44. The maximum atomic E-state index is 13.6. The van der Waals surface area contributed by atoms with E-state index in [-0.39, 0.29) is 0 Å². The van der Waals surface area contributed by atoms with Crippen molar-refractivity contribution < 1.29 is 19.0 Å². The van der Waals surface area contributed by atoms with Gasteiger partial charge in [-0.05, 0) is 70.3 Å². The lowest BCUT2D eigenvalue weighted by Crippen LogP contribution is -2.37. The Balaban J connectivity index is 1.54. The lowest BCUT2D eigenvalue weighted by atomic mass is 10.1. The third-order valence-corrected chi connectivity index (χ3v) is 6.58. The zero-order valence-electron chi connectivity index (χ0n) is 22.9. The quantitative estimate of drug-likeness (QED) is 0.118. The summed E-state index contributed by atoms with van der Waals surface area (Å²) in [6.45, 7) is 8.16. The minimum absolute atomic E-state index is 0.349. The molecule has 39 heavy (non-hydrogen) atoms. The van der Waals surface area contributed by atoms with Crippen LogP contribution in [0.5, 0.6) is 0 Å². The van der Waals surface area contributed by atoms with Crippen LogP contribution < -0.4 is 10.6 Å². The summed E-state index contributed by atoms with van der Waals surface area (Å²) in [7, 11) is 1.76. The molecule has 1 atom stereocenters. The van der Waals surface area contributed by atoms with Gasteiger partial charge in [0.25, 0.3) is 0 Å². The molecule has 10 nitrogen and oxygen atoms in total. The van der Waals surface area contributed by atoms with E-state index in [1.807, 2.05) is 0 Å². The molecule has 0 saturated carbocycles. The predicted octanol–water partition coefficient (Wildman–Crippen LogP) is 4.19. The molecule has 0 amide bonds. The number of unbranched alkanes of at least 4 members (excludes halogenated alkanes) is 1. The van der Waals surface area contributed by atoms with E-state index >= 15 is 0 Å². The normalized spacial score (nSPS) is 14.5. The van der Waals surface area contributed by atoms with Gasteiger partial charge in [0, 0.05) is 44.5 Å². The number of nitrogens with zero attached hydrogens (tertiary/aromatic N) is 5. The Hall–Kier alpha value is -3.73. The number of nitrogens with one attached hydrogen (secondary N) is 2. The summed E-state index contributed by atoms with van der Waals surface area (Å²) >= 11 is 0. The number of aryl methyl sites for hydroxylation is 3. The SMILES string of the molecule is C=N/C=C(F)\C=C(/C)OCCN(CCCCc1ccc2c(n1)NCCC2)CC[C@H](Nc1ccnn1C)C(=O)O. The van der Waals surface area contributed by atoms with Gasteiger partial charge in [0.05, 0.1) is 18.2 Å². The second-order valence-corrected chi connectivity index (χ2v) is 9.60. The number of pyridine rings is 1. The fourth-order valence-corrected chi connectivity index (χ4v) is 4.44. The van der Waals surface area contributed by atoms with Gasteiger partial charge in [-0.25, -0.2) is 14.2 Å². The van der Waals surface area contributed by atoms with E-state index in [1.165, 1.54) is 11.6 Å². The van der Waals surface area contributed by atoms with E-state index in [4.69, 9.17) is 9.72 Å². The highest BCUT2D eigenvalue weighted by atomic mass is 19.1. The first-order valence-corrected chi connectivity index (χ1v) is 13.4. The Kier molecular flexibility index (Phi) is 11.9. The summed E-state index contributed by atoms with van der Waals surface area (Å²) in [5.41, 5.74) is 2.36. The van der Waals surface area contributed by atoms with Gasteiger partial charge in [0.15, 0.2) is 0 Å². The van der Waals surface area contributed by atoms with E-state index in [9.17, 15) is 14.3 Å².